The van der Waals surface area contributed by atoms with Crippen LogP contribution in [0.5, 0.6) is 0 Å². The molecule has 0 aromatic heterocycles. The van der Waals surface area contributed by atoms with Crippen molar-refractivity contribution in [3.8, 4) is 0 Å². The van der Waals surface area contributed by atoms with Gasteiger partial charge >= 0.3 is 0 Å². The number of ketones is 2. The summed E-state index contributed by atoms with van der Waals surface area (Å²) in [4.78, 5) is 22.8. The minimum Gasteiger partial charge on any atom is -0.290 e. The Morgan fingerprint density at radius 1 is 1.19 bits per heavy atom. The first kappa shape index (κ1) is 11.0. The molecule has 0 amide bonds. The number of hydrogen-bond acceptors (Lipinski definition) is 4. The third kappa shape index (κ3) is 1.66. The van der Waals surface area contributed by atoms with E-state index >= 15 is 0 Å². The number of Topliss-reactive ketones (excluding diaryl/α,β-unsaturated/α-hetero) is 2. The fraction of sp³-hybridized carbons (Fsp3) is 0.200. The molecule has 0 unspecified atom stereocenters. The first-order valence-electron chi connectivity index (χ1n) is 4.54. The van der Waals surface area contributed by atoms with Crippen molar-refractivity contribution in [1.82, 2.24) is 0 Å². The Hall–Kier alpha value is -1.53. The van der Waals surface area contributed by atoms with E-state index in [1.54, 1.807) is 6.07 Å². The third-order valence-corrected chi connectivity index (χ3v) is 3.68. The summed E-state index contributed by atoms with van der Waals surface area (Å²) >= 11 is 0. The van der Waals surface area contributed by atoms with Crippen LogP contribution in [0.3, 0.4) is 0 Å². The second-order valence-electron chi connectivity index (χ2n) is 3.55. The molecule has 16 heavy (non-hydrogen) atoms. The Kier molecular flexibility index (Phi) is 2.40. The van der Waals surface area contributed by atoms with Gasteiger partial charge in [0.05, 0.1) is 0 Å². The lowest BCUT2D eigenvalue weighted by Crippen LogP contribution is -2.29. The number of hydrogen-bond donors (Lipinski definition) is 1. The van der Waals surface area contributed by atoms with Crippen LogP contribution in [0, 0.1) is 0 Å². The van der Waals surface area contributed by atoms with Gasteiger partial charge in [0.2, 0.25) is 11.6 Å². The van der Waals surface area contributed by atoms with Gasteiger partial charge in [-0.05, 0) is 5.56 Å². The molecule has 1 aromatic rings. The van der Waals surface area contributed by atoms with E-state index in [-0.39, 0.29) is 11.1 Å². The van der Waals surface area contributed by atoms with Crippen molar-refractivity contribution in [3.05, 3.63) is 35.4 Å². The Balaban J connectivity index is 2.67. The fourth-order valence-electron chi connectivity index (χ4n) is 1.77. The van der Waals surface area contributed by atoms with Gasteiger partial charge in [-0.2, -0.15) is 8.42 Å². The zero-order chi connectivity index (χ0) is 11.9. The summed E-state index contributed by atoms with van der Waals surface area (Å²) in [5, 5.41) is -1.33. The lowest BCUT2D eigenvalue weighted by Gasteiger charge is -2.20. The second kappa shape index (κ2) is 3.50. The molecular weight excluding hydrogens is 232 g/mol. The molecular formula is C10H8O5S. The monoisotopic (exact) mass is 240 g/mol. The van der Waals surface area contributed by atoms with E-state index < -0.39 is 33.4 Å². The first-order chi connectivity index (χ1) is 7.41. The normalized spacial score (nSPS) is 20.7. The lowest BCUT2D eigenvalue weighted by atomic mass is 9.89. The van der Waals surface area contributed by atoms with Gasteiger partial charge in [0, 0.05) is 12.0 Å². The zero-order valence-electron chi connectivity index (χ0n) is 8.08. The molecule has 84 valence electrons. The van der Waals surface area contributed by atoms with Crippen molar-refractivity contribution in [3.63, 3.8) is 0 Å². The highest BCUT2D eigenvalue weighted by molar-refractivity contribution is 7.86. The minimum absolute atomic E-state index is 0.0568. The number of fused-ring (bicyclic) bond motifs is 1. The van der Waals surface area contributed by atoms with Gasteiger partial charge in [-0.3, -0.25) is 14.1 Å². The van der Waals surface area contributed by atoms with Crippen LogP contribution in [-0.2, 0) is 14.9 Å². The number of carbonyl (C=O) groups excluding carboxylic acids is 2. The second-order valence-corrected chi connectivity index (χ2v) is 5.15. The van der Waals surface area contributed by atoms with Gasteiger partial charge in [0.25, 0.3) is 10.1 Å². The van der Waals surface area contributed by atoms with Crippen molar-refractivity contribution in [2.24, 2.45) is 0 Å². The summed E-state index contributed by atoms with van der Waals surface area (Å²) in [6.07, 6.45) is -0.491. The van der Waals surface area contributed by atoms with Crippen molar-refractivity contribution >= 4 is 21.7 Å². The highest BCUT2D eigenvalue weighted by Crippen LogP contribution is 2.33. The largest absolute Gasteiger partial charge is 0.290 e. The van der Waals surface area contributed by atoms with Gasteiger partial charge in [-0.1, -0.05) is 24.3 Å². The number of carbonyl (C=O) groups is 2. The molecule has 6 heteroatoms. The summed E-state index contributed by atoms with van der Waals surface area (Å²) in [7, 11) is -4.37. The van der Waals surface area contributed by atoms with Crippen LogP contribution < -0.4 is 0 Å². The Morgan fingerprint density at radius 2 is 1.81 bits per heavy atom. The van der Waals surface area contributed by atoms with E-state index in [9.17, 15) is 18.0 Å². The summed E-state index contributed by atoms with van der Waals surface area (Å²) < 4.78 is 31.2. The van der Waals surface area contributed by atoms with Crippen molar-refractivity contribution in [2.75, 3.05) is 0 Å². The molecule has 0 radical (unpaired) electrons. The quantitative estimate of drug-likeness (QED) is 0.578. The van der Waals surface area contributed by atoms with E-state index in [0.717, 1.165) is 0 Å². The van der Waals surface area contributed by atoms with Crippen LogP contribution in [-0.4, -0.2) is 24.5 Å². The topological polar surface area (TPSA) is 88.5 Å². The molecule has 0 aliphatic heterocycles. The van der Waals surface area contributed by atoms with Gasteiger partial charge in [0.15, 0.2) is 0 Å². The predicted octanol–water partition coefficient (Wildman–Crippen LogP) is 0.771. The van der Waals surface area contributed by atoms with Crippen molar-refractivity contribution in [1.29, 1.82) is 0 Å². The highest BCUT2D eigenvalue weighted by atomic mass is 32.2. The maximum atomic E-state index is 11.5. The van der Waals surface area contributed by atoms with E-state index in [1.807, 2.05) is 0 Å². The van der Waals surface area contributed by atoms with Gasteiger partial charge in [-0.15, -0.1) is 0 Å². The molecule has 5 nitrogen and oxygen atoms in total. The van der Waals surface area contributed by atoms with Crippen LogP contribution >= 0.6 is 0 Å². The average molecular weight is 240 g/mol. The maximum absolute atomic E-state index is 11.5. The zero-order valence-corrected chi connectivity index (χ0v) is 8.90. The number of benzene rings is 1. The summed E-state index contributed by atoms with van der Waals surface area (Å²) in [6.45, 7) is 0. The van der Waals surface area contributed by atoms with Crippen molar-refractivity contribution in [2.45, 2.75) is 11.7 Å². The van der Waals surface area contributed by atoms with E-state index in [1.165, 1.54) is 18.2 Å². The summed E-state index contributed by atoms with van der Waals surface area (Å²) in [5.74, 6) is -1.49. The number of rotatable bonds is 1. The Labute approximate surface area is 91.8 Å². The van der Waals surface area contributed by atoms with E-state index in [2.05, 4.69) is 0 Å². The molecule has 1 aromatic carbocycles. The fourth-order valence-corrected chi connectivity index (χ4v) is 2.66. The SMILES string of the molecule is O=C1C[C@H](S(=O)(=O)O)c2ccccc2C1=O. The van der Waals surface area contributed by atoms with Crippen LogP contribution in [0.1, 0.15) is 27.6 Å². The molecule has 1 aliphatic carbocycles. The minimum atomic E-state index is -4.37. The maximum Gasteiger partial charge on any atom is 0.272 e. The molecule has 0 bridgehead atoms. The molecule has 0 saturated heterocycles. The average Bonchev–Trinajstić information content (AvgIpc) is 2.22. The lowest BCUT2D eigenvalue weighted by molar-refractivity contribution is -0.115. The third-order valence-electron chi connectivity index (χ3n) is 2.54. The Morgan fingerprint density at radius 3 is 2.44 bits per heavy atom. The van der Waals surface area contributed by atoms with Crippen LogP contribution in [0.2, 0.25) is 0 Å². The standard InChI is InChI=1S/C10H8O5S/c11-8-5-9(16(13,14)15)6-3-1-2-4-7(6)10(8)12/h1-4,9H,5H2,(H,13,14,15)/t9-/m0/s1. The van der Waals surface area contributed by atoms with Crippen LogP contribution in [0.15, 0.2) is 24.3 Å². The summed E-state index contributed by atoms with van der Waals surface area (Å²) in [5.41, 5.74) is 0.246. The molecule has 1 N–H and O–H groups in total. The Bertz CT molecular complexity index is 573. The van der Waals surface area contributed by atoms with Crippen LogP contribution in [0.4, 0.5) is 0 Å². The smallest absolute Gasteiger partial charge is 0.272 e. The molecule has 1 aliphatic rings. The molecule has 0 spiro atoms. The van der Waals surface area contributed by atoms with Gasteiger partial charge in [-0.25, -0.2) is 0 Å². The first-order valence-corrected chi connectivity index (χ1v) is 6.04. The summed E-state index contributed by atoms with van der Waals surface area (Å²) in [6, 6.07) is 5.90. The van der Waals surface area contributed by atoms with Gasteiger partial charge < -0.3 is 0 Å². The van der Waals surface area contributed by atoms with E-state index in [4.69, 9.17) is 4.55 Å². The van der Waals surface area contributed by atoms with E-state index in [0.29, 0.717) is 0 Å². The molecule has 1 atom stereocenters. The highest BCUT2D eigenvalue weighted by Gasteiger charge is 2.38. The van der Waals surface area contributed by atoms with Crippen molar-refractivity contribution < 1.29 is 22.6 Å². The molecule has 0 heterocycles. The molecule has 0 saturated carbocycles. The predicted molar refractivity (Wildman–Crippen MR) is 54.7 cm³/mol. The molecule has 0 fully saturated rings. The van der Waals surface area contributed by atoms with Gasteiger partial charge in [0.1, 0.15) is 5.25 Å². The van der Waals surface area contributed by atoms with Crippen LogP contribution in [0.25, 0.3) is 0 Å². The molecule has 2 rings (SSSR count).